The van der Waals surface area contributed by atoms with Gasteiger partial charge in [0.1, 0.15) is 5.75 Å². The number of ether oxygens (including phenoxy) is 2. The van der Waals surface area contributed by atoms with Gasteiger partial charge in [0.15, 0.2) is 6.10 Å². The molecule has 0 bridgehead atoms. The van der Waals surface area contributed by atoms with E-state index in [2.05, 4.69) is 10.2 Å². The third-order valence-electron chi connectivity index (χ3n) is 6.12. The van der Waals surface area contributed by atoms with E-state index in [4.69, 9.17) is 9.47 Å². The number of sulfonamides is 1. The molecule has 0 aliphatic carbocycles. The van der Waals surface area contributed by atoms with Crippen LogP contribution in [-0.4, -0.2) is 53.3 Å². The molecule has 1 N–H and O–H groups in total. The minimum Gasteiger partial charge on any atom is -0.476 e. The predicted octanol–water partition coefficient (Wildman–Crippen LogP) is 3.43. The number of nitrogens with zero attached hydrogens (tertiary/aromatic N) is 2. The fraction of sp³-hybridized carbons (Fsp3) is 0.269. The number of hydrogen-bond acceptors (Lipinski definition) is 6. The molecule has 0 spiro atoms. The van der Waals surface area contributed by atoms with Crippen LogP contribution in [0.2, 0.25) is 0 Å². The van der Waals surface area contributed by atoms with E-state index in [-0.39, 0.29) is 11.4 Å². The first-order valence-corrected chi connectivity index (χ1v) is 12.9. The topological polar surface area (TPSA) is 88.2 Å². The molecular weight excluding hydrogens is 466 g/mol. The van der Waals surface area contributed by atoms with Gasteiger partial charge in [-0.05, 0) is 61.0 Å². The number of morpholine rings is 1. The number of benzene rings is 3. The van der Waals surface area contributed by atoms with Crippen molar-refractivity contribution in [1.29, 1.82) is 0 Å². The molecule has 9 heteroatoms. The maximum atomic E-state index is 13.5. The van der Waals surface area contributed by atoms with Crippen molar-refractivity contribution in [3.05, 3.63) is 78.4 Å². The third kappa shape index (κ3) is 4.82. The number of rotatable bonds is 5. The van der Waals surface area contributed by atoms with Crippen LogP contribution in [0, 0.1) is 6.92 Å². The minimum atomic E-state index is -3.89. The molecule has 2 aliphatic rings. The van der Waals surface area contributed by atoms with E-state index >= 15 is 0 Å². The molecule has 3 aromatic carbocycles. The van der Waals surface area contributed by atoms with Crippen molar-refractivity contribution in [2.24, 2.45) is 0 Å². The second-order valence-electron chi connectivity index (χ2n) is 8.56. The minimum absolute atomic E-state index is 0.134. The zero-order chi connectivity index (χ0) is 24.4. The summed E-state index contributed by atoms with van der Waals surface area (Å²) in [5.41, 5.74) is 2.99. The van der Waals surface area contributed by atoms with Gasteiger partial charge >= 0.3 is 0 Å². The lowest BCUT2D eigenvalue weighted by atomic mass is 10.1. The highest BCUT2D eigenvalue weighted by Gasteiger charge is 2.37. The number of nitrogens with one attached hydrogen (secondary N) is 1. The SMILES string of the molecule is Cc1ccc2c(c1)N(S(=O)(=O)c1ccccc1)C[C@H](C(=O)Nc1ccc(N3CCOCC3)cc1)O2. The normalized spacial score (nSPS) is 17.9. The molecule has 1 amide bonds. The average Bonchev–Trinajstić information content (AvgIpc) is 2.89. The summed E-state index contributed by atoms with van der Waals surface area (Å²) in [6.07, 6.45) is -1.01. The van der Waals surface area contributed by atoms with Crippen molar-refractivity contribution >= 4 is 33.0 Å². The molecule has 2 heterocycles. The van der Waals surface area contributed by atoms with Gasteiger partial charge in [0.05, 0.1) is 30.3 Å². The van der Waals surface area contributed by atoms with Gasteiger partial charge in [0.25, 0.3) is 15.9 Å². The second-order valence-corrected chi connectivity index (χ2v) is 10.4. The molecular formula is C26H27N3O5S. The number of carbonyl (C=O) groups excluding carboxylic acids is 1. The van der Waals surface area contributed by atoms with Crippen LogP contribution in [0.5, 0.6) is 5.75 Å². The van der Waals surface area contributed by atoms with Crippen LogP contribution in [0.4, 0.5) is 17.1 Å². The standard InChI is InChI=1S/C26H27N3O5S/c1-19-7-12-24-23(17-19)29(35(31,32)22-5-3-2-4-6-22)18-25(34-24)26(30)27-20-8-10-21(11-9-20)28-13-15-33-16-14-28/h2-12,17,25H,13-16,18H2,1H3,(H,27,30)/t25-/m1/s1. The second kappa shape index (κ2) is 9.59. The van der Waals surface area contributed by atoms with Crippen LogP contribution >= 0.6 is 0 Å². The molecule has 1 saturated heterocycles. The van der Waals surface area contributed by atoms with E-state index in [9.17, 15) is 13.2 Å². The Balaban J connectivity index is 1.37. The van der Waals surface area contributed by atoms with E-state index in [1.165, 1.54) is 4.31 Å². The molecule has 0 aromatic heterocycles. The Morgan fingerprint density at radius 1 is 0.971 bits per heavy atom. The Hall–Kier alpha value is -3.56. The Labute approximate surface area is 205 Å². The zero-order valence-electron chi connectivity index (χ0n) is 19.4. The molecule has 1 fully saturated rings. The largest absolute Gasteiger partial charge is 0.476 e. The van der Waals surface area contributed by atoms with Gasteiger partial charge in [0.2, 0.25) is 0 Å². The Morgan fingerprint density at radius 3 is 2.40 bits per heavy atom. The Morgan fingerprint density at radius 2 is 1.69 bits per heavy atom. The number of hydrogen-bond donors (Lipinski definition) is 1. The molecule has 0 saturated carbocycles. The number of carbonyl (C=O) groups is 1. The summed E-state index contributed by atoms with van der Waals surface area (Å²) in [4.78, 5) is 15.5. The highest BCUT2D eigenvalue weighted by atomic mass is 32.2. The molecule has 0 unspecified atom stereocenters. The molecule has 35 heavy (non-hydrogen) atoms. The maximum absolute atomic E-state index is 13.5. The smallest absolute Gasteiger partial charge is 0.267 e. The van der Waals surface area contributed by atoms with Gasteiger partial charge in [-0.2, -0.15) is 0 Å². The van der Waals surface area contributed by atoms with E-state index in [1.807, 2.05) is 37.3 Å². The van der Waals surface area contributed by atoms with Crippen LogP contribution in [0.25, 0.3) is 0 Å². The van der Waals surface area contributed by atoms with Crippen LogP contribution in [-0.2, 0) is 19.6 Å². The van der Waals surface area contributed by atoms with E-state index in [0.29, 0.717) is 30.3 Å². The highest BCUT2D eigenvalue weighted by molar-refractivity contribution is 7.92. The van der Waals surface area contributed by atoms with Crippen molar-refractivity contribution < 1.29 is 22.7 Å². The lowest BCUT2D eigenvalue weighted by molar-refractivity contribution is -0.122. The average molecular weight is 494 g/mol. The summed E-state index contributed by atoms with van der Waals surface area (Å²) >= 11 is 0. The van der Waals surface area contributed by atoms with Crippen LogP contribution in [0.1, 0.15) is 5.56 Å². The van der Waals surface area contributed by atoms with E-state index in [0.717, 1.165) is 24.3 Å². The van der Waals surface area contributed by atoms with E-state index < -0.39 is 22.0 Å². The summed E-state index contributed by atoms with van der Waals surface area (Å²) in [7, 11) is -3.89. The van der Waals surface area contributed by atoms with Crippen LogP contribution < -0.4 is 19.3 Å². The first-order valence-electron chi connectivity index (χ1n) is 11.5. The summed E-state index contributed by atoms with van der Waals surface area (Å²) in [5.74, 6) is -0.0622. The van der Waals surface area contributed by atoms with Crippen molar-refractivity contribution in [2.75, 3.05) is 47.4 Å². The highest BCUT2D eigenvalue weighted by Crippen LogP contribution is 2.38. The van der Waals surface area contributed by atoms with Crippen molar-refractivity contribution in [3.63, 3.8) is 0 Å². The third-order valence-corrected chi connectivity index (χ3v) is 7.91. The lowest BCUT2D eigenvalue weighted by Crippen LogP contribution is -2.48. The molecule has 0 radical (unpaired) electrons. The lowest BCUT2D eigenvalue weighted by Gasteiger charge is -2.35. The van der Waals surface area contributed by atoms with Gasteiger partial charge in [-0.25, -0.2) is 8.42 Å². The van der Waals surface area contributed by atoms with Gasteiger partial charge in [-0.3, -0.25) is 9.10 Å². The molecule has 2 aliphatic heterocycles. The Bertz CT molecular complexity index is 1310. The number of fused-ring (bicyclic) bond motifs is 1. The maximum Gasteiger partial charge on any atom is 0.267 e. The Kier molecular flexibility index (Phi) is 6.36. The van der Waals surface area contributed by atoms with Crippen LogP contribution in [0.3, 0.4) is 0 Å². The zero-order valence-corrected chi connectivity index (χ0v) is 20.2. The molecule has 5 rings (SSSR count). The van der Waals surface area contributed by atoms with Crippen molar-refractivity contribution in [3.8, 4) is 5.75 Å². The fourth-order valence-electron chi connectivity index (χ4n) is 4.25. The summed E-state index contributed by atoms with van der Waals surface area (Å²) in [5, 5.41) is 2.87. The summed E-state index contributed by atoms with van der Waals surface area (Å²) < 4.78 is 39.6. The van der Waals surface area contributed by atoms with Gasteiger partial charge in [0, 0.05) is 24.5 Å². The molecule has 1 atom stereocenters. The van der Waals surface area contributed by atoms with Gasteiger partial charge in [-0.1, -0.05) is 24.3 Å². The number of amides is 1. The van der Waals surface area contributed by atoms with Crippen molar-refractivity contribution in [1.82, 2.24) is 0 Å². The monoisotopic (exact) mass is 493 g/mol. The van der Waals surface area contributed by atoms with Gasteiger partial charge in [-0.15, -0.1) is 0 Å². The van der Waals surface area contributed by atoms with Crippen LogP contribution in [0.15, 0.2) is 77.7 Å². The first kappa shape index (κ1) is 23.2. The first-order chi connectivity index (χ1) is 16.9. The predicted molar refractivity (Wildman–Crippen MR) is 135 cm³/mol. The fourth-order valence-corrected chi connectivity index (χ4v) is 5.73. The van der Waals surface area contributed by atoms with Gasteiger partial charge < -0.3 is 19.7 Å². The summed E-state index contributed by atoms with van der Waals surface area (Å²) in [6, 6.07) is 21.1. The van der Waals surface area contributed by atoms with E-state index in [1.54, 1.807) is 42.5 Å². The van der Waals surface area contributed by atoms with Crippen molar-refractivity contribution in [2.45, 2.75) is 17.9 Å². The summed E-state index contributed by atoms with van der Waals surface area (Å²) in [6.45, 7) is 4.79. The molecule has 8 nitrogen and oxygen atoms in total. The molecule has 3 aromatic rings. The number of anilines is 3. The number of aryl methyl sites for hydroxylation is 1. The quantitative estimate of drug-likeness (QED) is 0.586. The molecule has 182 valence electrons.